The van der Waals surface area contributed by atoms with Crippen LogP contribution in [-0.4, -0.2) is 27.5 Å². The number of rotatable bonds is 4. The van der Waals surface area contributed by atoms with Crippen molar-refractivity contribution in [2.75, 3.05) is 0 Å². The average molecular weight is 351 g/mol. The van der Waals surface area contributed by atoms with Gasteiger partial charge in [0.05, 0.1) is 17.5 Å². The van der Waals surface area contributed by atoms with Gasteiger partial charge in [-0.2, -0.15) is 0 Å². The molecule has 0 spiro atoms. The Hall–Kier alpha value is -3.87. The number of nitrogens with zero attached hydrogens (tertiary/aromatic N) is 1. The summed E-state index contributed by atoms with van der Waals surface area (Å²) in [5.74, 6) is -0.543. The highest BCUT2D eigenvalue weighted by Gasteiger charge is 2.23. The van der Waals surface area contributed by atoms with Gasteiger partial charge in [0.25, 0.3) is 0 Å². The molecule has 26 heavy (non-hydrogen) atoms. The van der Waals surface area contributed by atoms with Gasteiger partial charge >= 0.3 is 12.3 Å². The molecule has 0 amide bonds. The van der Waals surface area contributed by atoms with Crippen LogP contribution < -0.4 is 9.47 Å². The van der Waals surface area contributed by atoms with E-state index in [1.165, 1.54) is 0 Å². The normalized spacial score (nSPS) is 10.2. The van der Waals surface area contributed by atoms with Gasteiger partial charge in [-0.1, -0.05) is 60.7 Å². The molecule has 3 rings (SSSR count). The first-order valence-electron chi connectivity index (χ1n) is 7.51. The van der Waals surface area contributed by atoms with Gasteiger partial charge in [-0.25, -0.2) is 9.59 Å². The summed E-state index contributed by atoms with van der Waals surface area (Å²) in [6, 6.07) is 17.9. The van der Waals surface area contributed by atoms with E-state index < -0.39 is 12.3 Å². The second-order valence-electron chi connectivity index (χ2n) is 5.14. The molecule has 0 saturated carbocycles. The molecule has 0 aliphatic carbocycles. The zero-order valence-electron chi connectivity index (χ0n) is 13.3. The number of carboxylic acid groups (broad SMARTS) is 2. The van der Waals surface area contributed by atoms with Crippen molar-refractivity contribution in [3.63, 3.8) is 0 Å². The van der Waals surface area contributed by atoms with Crippen LogP contribution in [-0.2, 0) is 0 Å². The molecular formula is C19H13NO6. The number of benzene rings is 2. The van der Waals surface area contributed by atoms with Crippen LogP contribution in [0.4, 0.5) is 9.59 Å². The quantitative estimate of drug-likeness (QED) is 0.665. The lowest BCUT2D eigenvalue weighted by molar-refractivity contribution is 0.133. The SMILES string of the molecule is O=C(O)Oc1cnc(-c2ccccc2)c(-c2ccccc2)c1OC(=O)O. The number of ether oxygens (including phenoxy) is 2. The van der Waals surface area contributed by atoms with Crippen LogP contribution in [0.15, 0.2) is 66.9 Å². The molecular weight excluding hydrogens is 338 g/mol. The smallest absolute Gasteiger partial charge is 0.449 e. The lowest BCUT2D eigenvalue weighted by Gasteiger charge is -2.16. The lowest BCUT2D eigenvalue weighted by atomic mass is 9.98. The fourth-order valence-electron chi connectivity index (χ4n) is 2.52. The van der Waals surface area contributed by atoms with Crippen LogP contribution in [0.2, 0.25) is 0 Å². The maximum absolute atomic E-state index is 11.2. The Kier molecular flexibility index (Phi) is 4.80. The van der Waals surface area contributed by atoms with Crippen LogP contribution in [0.25, 0.3) is 22.4 Å². The van der Waals surface area contributed by atoms with Crippen molar-refractivity contribution >= 4 is 12.3 Å². The fraction of sp³-hybridized carbons (Fsp3) is 0. The number of carbonyl (C=O) groups is 2. The summed E-state index contributed by atoms with van der Waals surface area (Å²) in [4.78, 5) is 26.4. The molecule has 0 unspecified atom stereocenters. The van der Waals surface area contributed by atoms with Crippen LogP contribution in [0.3, 0.4) is 0 Å². The number of aromatic nitrogens is 1. The summed E-state index contributed by atoms with van der Waals surface area (Å²) in [5.41, 5.74) is 2.07. The Bertz CT molecular complexity index is 941. The van der Waals surface area contributed by atoms with E-state index in [9.17, 15) is 9.59 Å². The molecule has 7 heteroatoms. The van der Waals surface area contributed by atoms with Crippen molar-refractivity contribution in [2.45, 2.75) is 0 Å². The summed E-state index contributed by atoms with van der Waals surface area (Å²) in [7, 11) is 0. The second kappa shape index (κ2) is 7.35. The largest absolute Gasteiger partial charge is 0.511 e. The number of hydrogen-bond donors (Lipinski definition) is 2. The van der Waals surface area contributed by atoms with Gasteiger partial charge in [0.15, 0.2) is 11.5 Å². The van der Waals surface area contributed by atoms with E-state index in [-0.39, 0.29) is 11.5 Å². The molecule has 0 aliphatic rings. The van der Waals surface area contributed by atoms with Crippen molar-refractivity contribution in [1.82, 2.24) is 4.98 Å². The summed E-state index contributed by atoms with van der Waals surface area (Å²) >= 11 is 0. The predicted octanol–water partition coefficient (Wildman–Crippen LogP) is 4.53. The zero-order valence-corrected chi connectivity index (χ0v) is 13.3. The van der Waals surface area contributed by atoms with Crippen LogP contribution >= 0.6 is 0 Å². The Morgan fingerprint density at radius 2 is 1.31 bits per heavy atom. The maximum atomic E-state index is 11.2. The molecule has 0 aliphatic heterocycles. The molecule has 2 N–H and O–H groups in total. The molecule has 0 bridgehead atoms. The molecule has 3 aromatic rings. The van der Waals surface area contributed by atoms with Gasteiger partial charge in [0, 0.05) is 5.56 Å². The number of pyridine rings is 1. The summed E-state index contributed by atoms with van der Waals surface area (Å²) in [6.07, 6.45) is -2.07. The predicted molar refractivity (Wildman–Crippen MR) is 92.4 cm³/mol. The monoisotopic (exact) mass is 351 g/mol. The Morgan fingerprint density at radius 3 is 1.85 bits per heavy atom. The molecule has 0 saturated heterocycles. The topological polar surface area (TPSA) is 106 Å². The highest BCUT2D eigenvalue weighted by Crippen LogP contribution is 2.43. The third-order valence-corrected chi connectivity index (χ3v) is 3.49. The summed E-state index contributed by atoms with van der Waals surface area (Å²) in [5, 5.41) is 18.0. The van der Waals surface area contributed by atoms with Gasteiger partial charge in [0.2, 0.25) is 0 Å². The first kappa shape index (κ1) is 17.0. The van der Waals surface area contributed by atoms with E-state index in [0.29, 0.717) is 22.4 Å². The Labute approximate surface area is 148 Å². The van der Waals surface area contributed by atoms with Gasteiger partial charge in [0.1, 0.15) is 0 Å². The van der Waals surface area contributed by atoms with E-state index in [1.807, 2.05) is 18.2 Å². The zero-order chi connectivity index (χ0) is 18.5. The first-order valence-corrected chi connectivity index (χ1v) is 7.51. The Morgan fingerprint density at radius 1 is 0.769 bits per heavy atom. The molecule has 130 valence electrons. The average Bonchev–Trinajstić information content (AvgIpc) is 2.63. The minimum Gasteiger partial charge on any atom is -0.449 e. The van der Waals surface area contributed by atoms with Crippen molar-refractivity contribution in [2.24, 2.45) is 0 Å². The maximum Gasteiger partial charge on any atom is 0.511 e. The van der Waals surface area contributed by atoms with Gasteiger partial charge < -0.3 is 19.7 Å². The van der Waals surface area contributed by atoms with Gasteiger partial charge in [-0.15, -0.1) is 0 Å². The molecule has 7 nitrogen and oxygen atoms in total. The number of hydrogen-bond acceptors (Lipinski definition) is 5. The van der Waals surface area contributed by atoms with E-state index >= 15 is 0 Å². The van der Waals surface area contributed by atoms with E-state index in [4.69, 9.17) is 14.9 Å². The van der Waals surface area contributed by atoms with E-state index in [0.717, 1.165) is 6.20 Å². The van der Waals surface area contributed by atoms with Crippen molar-refractivity contribution in [3.8, 4) is 33.9 Å². The van der Waals surface area contributed by atoms with Crippen LogP contribution in [0, 0.1) is 0 Å². The molecule has 0 fully saturated rings. The van der Waals surface area contributed by atoms with Crippen molar-refractivity contribution in [1.29, 1.82) is 0 Å². The standard InChI is InChI=1S/C19H13NO6/c21-18(22)25-14-11-20-16(13-9-5-2-6-10-13)15(17(14)26-19(23)24)12-7-3-1-4-8-12/h1-11H,(H,21,22)(H,23,24). The third kappa shape index (κ3) is 3.62. The van der Waals surface area contributed by atoms with E-state index in [1.54, 1.807) is 42.5 Å². The minimum atomic E-state index is -1.60. The fourth-order valence-corrected chi connectivity index (χ4v) is 2.52. The van der Waals surface area contributed by atoms with Gasteiger partial charge in [-0.3, -0.25) is 4.98 Å². The van der Waals surface area contributed by atoms with Crippen molar-refractivity contribution < 1.29 is 29.3 Å². The molecule has 0 atom stereocenters. The Balaban J connectivity index is 2.32. The summed E-state index contributed by atoms with van der Waals surface area (Å²) < 4.78 is 9.55. The highest BCUT2D eigenvalue weighted by atomic mass is 16.7. The second-order valence-corrected chi connectivity index (χ2v) is 5.14. The molecule has 2 aromatic carbocycles. The van der Waals surface area contributed by atoms with Crippen molar-refractivity contribution in [3.05, 3.63) is 66.9 Å². The van der Waals surface area contributed by atoms with E-state index in [2.05, 4.69) is 9.72 Å². The first-order chi connectivity index (χ1) is 12.6. The van der Waals surface area contributed by atoms with Crippen LogP contribution in [0.5, 0.6) is 11.5 Å². The van der Waals surface area contributed by atoms with Gasteiger partial charge in [-0.05, 0) is 5.56 Å². The highest BCUT2D eigenvalue weighted by molar-refractivity contribution is 5.89. The molecule has 1 aromatic heterocycles. The third-order valence-electron chi connectivity index (χ3n) is 3.49. The minimum absolute atomic E-state index is 0.236. The lowest BCUT2D eigenvalue weighted by Crippen LogP contribution is -2.10. The molecule has 1 heterocycles. The summed E-state index contributed by atoms with van der Waals surface area (Å²) in [6.45, 7) is 0. The van der Waals surface area contributed by atoms with Crippen LogP contribution in [0.1, 0.15) is 0 Å². The molecule has 0 radical (unpaired) electrons.